The number of para-hydroxylation sites is 4. The number of fused-ring (bicyclic) bond motifs is 4. The number of imidazole rings is 2. The molecule has 58 heavy (non-hydrogen) atoms. The van der Waals surface area contributed by atoms with Crippen molar-refractivity contribution in [2.24, 2.45) is 0 Å². The second-order valence-electron chi connectivity index (χ2n) is 14.2. The van der Waals surface area contributed by atoms with Gasteiger partial charge in [-0.2, -0.15) is 0 Å². The first kappa shape index (κ1) is 38.4. The Kier molecular flexibility index (Phi) is 10.2. The fourth-order valence-corrected chi connectivity index (χ4v) is 8.00. The summed E-state index contributed by atoms with van der Waals surface area (Å²) < 4.78 is 8.20. The first-order chi connectivity index (χ1) is 27.4. The Morgan fingerprint density at radius 1 is 0.379 bits per heavy atom. The van der Waals surface area contributed by atoms with Crippen LogP contribution in [-0.4, -0.2) is 42.6 Å². The van der Waals surface area contributed by atoms with Gasteiger partial charge in [0.05, 0.1) is 22.3 Å². The minimum Gasteiger partial charge on any atom is -1.00 e. The molecule has 0 saturated heterocycles. The van der Waals surface area contributed by atoms with Crippen LogP contribution in [0.25, 0.3) is 33.2 Å². The number of carbonyl (C=O) groups excluding carboxylic acids is 4. The Bertz CT molecular complexity index is 2650. The molecule has 6 aromatic carbocycles. The van der Waals surface area contributed by atoms with Crippen LogP contribution >= 0.6 is 0 Å². The quantitative estimate of drug-likeness (QED) is 0.156. The number of hydrogen-bond donors (Lipinski definition) is 0. The lowest BCUT2D eigenvalue weighted by Crippen LogP contribution is -3.00. The van der Waals surface area contributed by atoms with Crippen LogP contribution in [0.3, 0.4) is 0 Å². The molecule has 0 spiro atoms. The van der Waals surface area contributed by atoms with Crippen LogP contribution in [-0.2, 0) is 26.4 Å². The summed E-state index contributed by atoms with van der Waals surface area (Å²) in [5, 5.41) is 0. The molecular formula is C46H34Br2N6O4. The second-order valence-corrected chi connectivity index (χ2v) is 14.2. The summed E-state index contributed by atoms with van der Waals surface area (Å²) in [5.74, 6) is -1.10. The fraction of sp³-hybridized carbons (Fsp3) is 0.0870. The van der Waals surface area contributed by atoms with Crippen LogP contribution < -0.4 is 43.1 Å². The molecule has 0 N–H and O–H groups in total. The van der Waals surface area contributed by atoms with Crippen LogP contribution in [0.5, 0.6) is 0 Å². The molecule has 8 aromatic rings. The zero-order valence-electron chi connectivity index (χ0n) is 30.9. The van der Waals surface area contributed by atoms with Crippen LogP contribution in [0.4, 0.5) is 0 Å². The van der Waals surface area contributed by atoms with Crippen molar-refractivity contribution >= 4 is 45.7 Å². The molecule has 2 aliphatic rings. The SMILES string of the molecule is O=C1c2ccccc2C(=O)N1C[n+]1cn(Cc2ccc(-c3ccc(Cn4c[n+](CN5C(=O)c6ccccc6C5=O)c5ccccc54)cc3)cc2)c2ccccc21.[Br-].[Br-]. The summed E-state index contributed by atoms with van der Waals surface area (Å²) in [6, 6.07) is 47.0. The van der Waals surface area contributed by atoms with E-state index in [4.69, 9.17) is 0 Å². The lowest BCUT2D eigenvalue weighted by molar-refractivity contribution is -0.685. The zero-order valence-corrected chi connectivity index (χ0v) is 34.1. The number of imide groups is 2. The predicted molar refractivity (Wildman–Crippen MR) is 208 cm³/mol. The molecule has 10 nitrogen and oxygen atoms in total. The highest BCUT2D eigenvalue weighted by Gasteiger charge is 2.38. The highest BCUT2D eigenvalue weighted by molar-refractivity contribution is 6.21. The number of aromatic nitrogens is 4. The van der Waals surface area contributed by atoms with Gasteiger partial charge in [-0.3, -0.25) is 19.2 Å². The van der Waals surface area contributed by atoms with Gasteiger partial charge in [-0.1, -0.05) is 97.1 Å². The van der Waals surface area contributed by atoms with Gasteiger partial charge in [-0.25, -0.2) is 28.1 Å². The maximum atomic E-state index is 13.1. The van der Waals surface area contributed by atoms with Crippen LogP contribution in [0.15, 0.2) is 158 Å². The van der Waals surface area contributed by atoms with Gasteiger partial charge in [0.2, 0.25) is 12.7 Å². The molecule has 2 aromatic heterocycles. The molecule has 4 heterocycles. The van der Waals surface area contributed by atoms with Gasteiger partial charge < -0.3 is 34.0 Å². The monoisotopic (exact) mass is 892 g/mol. The Morgan fingerprint density at radius 3 is 1.03 bits per heavy atom. The Balaban J connectivity index is 0.00000235. The average Bonchev–Trinajstić information content (AvgIpc) is 3.92. The molecule has 0 bridgehead atoms. The van der Waals surface area contributed by atoms with E-state index in [0.717, 1.165) is 44.3 Å². The van der Waals surface area contributed by atoms with E-state index in [0.29, 0.717) is 35.3 Å². The Hall–Kier alpha value is -6.50. The average molecular weight is 895 g/mol. The third-order valence-corrected chi connectivity index (χ3v) is 10.8. The van der Waals surface area contributed by atoms with Gasteiger partial charge in [0.15, 0.2) is 35.4 Å². The fourth-order valence-electron chi connectivity index (χ4n) is 8.00. The number of hydrogen-bond acceptors (Lipinski definition) is 4. The van der Waals surface area contributed by atoms with Crippen molar-refractivity contribution < 1.29 is 62.3 Å². The lowest BCUT2D eigenvalue weighted by atomic mass is 10.0. The third kappa shape index (κ3) is 6.53. The molecule has 12 heteroatoms. The van der Waals surface area contributed by atoms with Gasteiger partial charge >= 0.3 is 0 Å². The smallest absolute Gasteiger partial charge is 0.264 e. The summed E-state index contributed by atoms with van der Waals surface area (Å²) >= 11 is 0. The van der Waals surface area contributed by atoms with Crippen molar-refractivity contribution in [2.75, 3.05) is 0 Å². The molecule has 2 aliphatic heterocycles. The molecule has 0 fully saturated rings. The van der Waals surface area contributed by atoms with E-state index in [1.54, 1.807) is 48.5 Å². The van der Waals surface area contributed by atoms with Crippen molar-refractivity contribution in [3.8, 4) is 11.1 Å². The normalized spacial score (nSPS) is 13.2. The Labute approximate surface area is 354 Å². The number of nitrogens with zero attached hydrogens (tertiary/aromatic N) is 6. The number of benzene rings is 6. The standard InChI is InChI=1S/C46H34N6O4.2BrH/c53-43-35-9-1-2-10-36(35)44(54)51(43)29-49-27-47(39-13-5-7-15-41(39)49)25-31-17-21-33(22-18-31)34-23-19-32(20-24-34)26-48-28-50(42-16-8-6-14-40(42)48)30-52-45(55)37-11-3-4-12-38(37)46(52)56;;/h1-24,27-28H,25-26,29-30H2;2*1H/q+2;;/p-2. The van der Waals surface area contributed by atoms with E-state index in [-0.39, 0.29) is 70.9 Å². The van der Waals surface area contributed by atoms with E-state index in [2.05, 4.69) is 69.8 Å². The maximum Gasteiger partial charge on any atom is 0.264 e. The largest absolute Gasteiger partial charge is 1.00 e. The van der Waals surface area contributed by atoms with Crippen molar-refractivity contribution in [1.82, 2.24) is 18.9 Å². The van der Waals surface area contributed by atoms with E-state index < -0.39 is 0 Å². The van der Waals surface area contributed by atoms with Crippen LogP contribution in [0.1, 0.15) is 52.6 Å². The van der Waals surface area contributed by atoms with Crippen LogP contribution in [0, 0.1) is 0 Å². The first-order valence-electron chi connectivity index (χ1n) is 18.4. The highest BCUT2D eigenvalue weighted by atomic mass is 79.9. The molecule has 10 rings (SSSR count). The van der Waals surface area contributed by atoms with Crippen molar-refractivity contribution in [3.63, 3.8) is 0 Å². The summed E-state index contributed by atoms with van der Waals surface area (Å²) in [5.41, 5.74) is 10.1. The van der Waals surface area contributed by atoms with E-state index in [9.17, 15) is 19.2 Å². The van der Waals surface area contributed by atoms with Gasteiger partial charge in [0.1, 0.15) is 13.1 Å². The molecule has 0 aliphatic carbocycles. The third-order valence-electron chi connectivity index (χ3n) is 10.8. The van der Waals surface area contributed by atoms with Crippen molar-refractivity contribution in [2.45, 2.75) is 26.4 Å². The molecular weight excluding hydrogens is 860 g/mol. The summed E-state index contributed by atoms with van der Waals surface area (Å²) in [7, 11) is 0. The van der Waals surface area contributed by atoms with Crippen LogP contribution in [0.2, 0.25) is 0 Å². The molecule has 0 atom stereocenters. The molecule has 4 amide bonds. The topological polar surface area (TPSA) is 92.4 Å². The van der Waals surface area contributed by atoms with Crippen molar-refractivity contribution in [1.29, 1.82) is 0 Å². The van der Waals surface area contributed by atoms with Gasteiger partial charge in [0, 0.05) is 0 Å². The number of rotatable bonds is 9. The molecule has 0 unspecified atom stereocenters. The molecule has 286 valence electrons. The Morgan fingerprint density at radius 2 is 0.690 bits per heavy atom. The number of halogens is 2. The minimum atomic E-state index is -0.276. The van der Waals surface area contributed by atoms with Gasteiger partial charge in [-0.15, -0.1) is 0 Å². The van der Waals surface area contributed by atoms with Crippen molar-refractivity contribution in [3.05, 3.63) is 192 Å². The lowest BCUT2D eigenvalue weighted by Gasteiger charge is -2.11. The molecule has 0 saturated carbocycles. The second kappa shape index (κ2) is 15.4. The number of carbonyl (C=O) groups is 4. The summed E-state index contributed by atoms with van der Waals surface area (Å²) in [6.45, 7) is 1.50. The zero-order chi connectivity index (χ0) is 37.9. The highest BCUT2D eigenvalue weighted by Crippen LogP contribution is 2.26. The van der Waals surface area contributed by atoms with Gasteiger partial charge in [0.25, 0.3) is 23.6 Å². The summed E-state index contributed by atoms with van der Waals surface area (Å²) in [4.78, 5) is 55.0. The number of amides is 4. The van der Waals surface area contributed by atoms with E-state index in [1.807, 2.05) is 58.2 Å². The van der Waals surface area contributed by atoms with E-state index in [1.165, 1.54) is 9.80 Å². The minimum absolute atomic E-state index is 0. The molecule has 0 radical (unpaired) electrons. The predicted octanol–water partition coefficient (Wildman–Crippen LogP) is 0.450. The van der Waals surface area contributed by atoms with E-state index >= 15 is 0 Å². The van der Waals surface area contributed by atoms with Gasteiger partial charge in [-0.05, 0) is 70.8 Å². The first-order valence-corrected chi connectivity index (χ1v) is 18.4. The maximum absolute atomic E-state index is 13.1. The summed E-state index contributed by atoms with van der Waals surface area (Å²) in [6.07, 6.45) is 3.95.